The second-order valence-electron chi connectivity index (χ2n) is 6.92. The first kappa shape index (κ1) is 18.9. The molecule has 0 unspecified atom stereocenters. The number of amides is 1. The Morgan fingerprint density at radius 2 is 2.04 bits per heavy atom. The van der Waals surface area contributed by atoms with Crippen LogP contribution in [0.25, 0.3) is 10.9 Å². The first-order valence-corrected chi connectivity index (χ1v) is 9.61. The molecule has 2 aromatic carbocycles. The summed E-state index contributed by atoms with van der Waals surface area (Å²) in [5.41, 5.74) is 2.99. The Hall–Kier alpha value is -2.47. The van der Waals surface area contributed by atoms with E-state index >= 15 is 0 Å². The number of ether oxygens (including phenoxy) is 1. The Labute approximate surface area is 168 Å². The number of nitrogens with zero attached hydrogens (tertiary/aromatic N) is 2. The lowest BCUT2D eigenvalue weighted by molar-refractivity contribution is -0.0811. The summed E-state index contributed by atoms with van der Waals surface area (Å²) in [7, 11) is 0. The average Bonchev–Trinajstić information content (AvgIpc) is 2.73. The predicted octanol–water partition coefficient (Wildman–Crippen LogP) is 3.77. The lowest BCUT2D eigenvalue weighted by Gasteiger charge is -2.41. The van der Waals surface area contributed by atoms with Gasteiger partial charge in [0.2, 0.25) is 0 Å². The number of benzene rings is 2. The molecular weight excluding hydrogens is 376 g/mol. The number of aliphatic hydroxyl groups is 1. The number of pyridine rings is 1. The molecule has 0 spiro atoms. The third-order valence-corrected chi connectivity index (χ3v) is 5.30. The first-order valence-electron chi connectivity index (χ1n) is 9.24. The molecular formula is C22H21ClN2O3. The van der Waals surface area contributed by atoms with Crippen LogP contribution in [0.3, 0.4) is 0 Å². The highest BCUT2D eigenvalue weighted by molar-refractivity contribution is 6.31. The molecule has 4 rings (SSSR count). The summed E-state index contributed by atoms with van der Waals surface area (Å²) in [5.74, 6) is -0.117. The smallest absolute Gasteiger partial charge is 0.255 e. The van der Waals surface area contributed by atoms with Gasteiger partial charge >= 0.3 is 0 Å². The lowest BCUT2D eigenvalue weighted by atomic mass is 9.96. The van der Waals surface area contributed by atoms with Crippen LogP contribution in [0.4, 0.5) is 0 Å². The van der Waals surface area contributed by atoms with Crippen molar-refractivity contribution < 1.29 is 14.6 Å². The Balaban J connectivity index is 1.82. The van der Waals surface area contributed by atoms with Crippen LogP contribution in [0, 0.1) is 6.92 Å². The summed E-state index contributed by atoms with van der Waals surface area (Å²) < 4.78 is 5.76. The van der Waals surface area contributed by atoms with Gasteiger partial charge in [-0.1, -0.05) is 41.9 Å². The largest absolute Gasteiger partial charge is 0.394 e. The van der Waals surface area contributed by atoms with Gasteiger partial charge in [-0.05, 0) is 36.8 Å². The maximum Gasteiger partial charge on any atom is 0.255 e. The van der Waals surface area contributed by atoms with Crippen LogP contribution in [0.15, 0.2) is 54.6 Å². The van der Waals surface area contributed by atoms with Crippen molar-refractivity contribution in [1.29, 1.82) is 0 Å². The van der Waals surface area contributed by atoms with E-state index in [2.05, 4.69) is 4.98 Å². The van der Waals surface area contributed by atoms with Crippen molar-refractivity contribution in [2.45, 2.75) is 19.1 Å². The molecule has 1 saturated heterocycles. The SMILES string of the molecule is Cc1cc(C(=O)N2CCO[C@@H](CO)[C@@H]2c2ccccc2)c2cc(Cl)ccc2n1. The van der Waals surface area contributed by atoms with Crippen molar-refractivity contribution in [3.05, 3.63) is 76.4 Å². The zero-order chi connectivity index (χ0) is 19.7. The van der Waals surface area contributed by atoms with Crippen LogP contribution in [0.5, 0.6) is 0 Å². The molecule has 6 heteroatoms. The lowest BCUT2D eigenvalue weighted by Crippen LogP contribution is -2.49. The summed E-state index contributed by atoms with van der Waals surface area (Å²) in [6.07, 6.45) is -0.474. The first-order chi connectivity index (χ1) is 13.6. The van der Waals surface area contributed by atoms with Crippen LogP contribution in [0.1, 0.15) is 27.7 Å². The van der Waals surface area contributed by atoms with Gasteiger partial charge in [0.15, 0.2) is 0 Å². The molecule has 1 aliphatic heterocycles. The van der Waals surface area contributed by atoms with E-state index in [-0.39, 0.29) is 18.6 Å². The van der Waals surface area contributed by atoms with Gasteiger partial charge in [0, 0.05) is 22.6 Å². The van der Waals surface area contributed by atoms with E-state index in [0.29, 0.717) is 23.7 Å². The van der Waals surface area contributed by atoms with Crippen LogP contribution < -0.4 is 0 Å². The van der Waals surface area contributed by atoms with Gasteiger partial charge in [0.1, 0.15) is 6.10 Å². The standard InChI is InChI=1S/C22H21ClN2O3/c1-14-11-18(17-12-16(23)7-8-19(17)24-14)22(27)25-9-10-28-20(13-26)21(25)15-5-3-2-4-6-15/h2-8,11-12,20-21,26H,9-10,13H2,1H3/t20-,21-/m0/s1. The normalized spacial score (nSPS) is 19.8. The van der Waals surface area contributed by atoms with Crippen LogP contribution in [-0.2, 0) is 4.74 Å². The van der Waals surface area contributed by atoms with E-state index in [1.165, 1.54) is 0 Å². The molecule has 0 saturated carbocycles. The van der Waals surface area contributed by atoms with Crippen molar-refractivity contribution in [3.63, 3.8) is 0 Å². The zero-order valence-electron chi connectivity index (χ0n) is 15.5. The van der Waals surface area contributed by atoms with Crippen LogP contribution in [-0.4, -0.2) is 46.8 Å². The van der Waals surface area contributed by atoms with Gasteiger partial charge in [-0.2, -0.15) is 0 Å². The van der Waals surface area contributed by atoms with E-state index in [9.17, 15) is 9.90 Å². The Kier molecular flexibility index (Phi) is 5.31. The molecule has 0 bridgehead atoms. The number of halogens is 1. The average molecular weight is 397 g/mol. The fraction of sp³-hybridized carbons (Fsp3) is 0.273. The summed E-state index contributed by atoms with van der Waals surface area (Å²) >= 11 is 6.19. The van der Waals surface area contributed by atoms with Crippen LogP contribution in [0.2, 0.25) is 5.02 Å². The summed E-state index contributed by atoms with van der Waals surface area (Å²) in [6, 6.07) is 16.5. The van der Waals surface area contributed by atoms with Gasteiger partial charge in [-0.25, -0.2) is 0 Å². The number of carbonyl (C=O) groups is 1. The molecule has 1 aliphatic rings. The maximum atomic E-state index is 13.6. The Morgan fingerprint density at radius 1 is 1.25 bits per heavy atom. The van der Waals surface area contributed by atoms with Crippen molar-refractivity contribution in [1.82, 2.24) is 9.88 Å². The summed E-state index contributed by atoms with van der Waals surface area (Å²) in [4.78, 5) is 19.9. The summed E-state index contributed by atoms with van der Waals surface area (Å²) in [6.45, 7) is 2.53. The molecule has 0 aliphatic carbocycles. The van der Waals surface area contributed by atoms with Gasteiger partial charge in [0.05, 0.1) is 30.3 Å². The number of aromatic nitrogens is 1. The molecule has 3 aromatic rings. The highest BCUT2D eigenvalue weighted by atomic mass is 35.5. The van der Waals surface area contributed by atoms with Gasteiger partial charge in [-0.3, -0.25) is 9.78 Å². The zero-order valence-corrected chi connectivity index (χ0v) is 16.3. The van der Waals surface area contributed by atoms with E-state index < -0.39 is 6.10 Å². The monoisotopic (exact) mass is 396 g/mol. The molecule has 1 amide bonds. The number of rotatable bonds is 3. The Bertz CT molecular complexity index is 1010. The predicted molar refractivity (Wildman–Crippen MR) is 109 cm³/mol. The second-order valence-corrected chi connectivity index (χ2v) is 7.35. The van der Waals surface area contributed by atoms with Crippen LogP contribution >= 0.6 is 11.6 Å². The van der Waals surface area contributed by atoms with E-state index in [1.54, 1.807) is 23.1 Å². The topological polar surface area (TPSA) is 62.7 Å². The highest BCUT2D eigenvalue weighted by Crippen LogP contribution is 2.32. The fourth-order valence-corrected chi connectivity index (χ4v) is 3.99. The number of fused-ring (bicyclic) bond motifs is 1. The van der Waals surface area contributed by atoms with E-state index in [1.807, 2.05) is 43.3 Å². The minimum Gasteiger partial charge on any atom is -0.394 e. The third-order valence-electron chi connectivity index (χ3n) is 5.06. The van der Waals surface area contributed by atoms with Crippen molar-refractivity contribution in [3.8, 4) is 0 Å². The minimum atomic E-state index is -0.474. The number of aliphatic hydroxyl groups excluding tert-OH is 1. The van der Waals surface area contributed by atoms with Gasteiger partial charge in [-0.15, -0.1) is 0 Å². The van der Waals surface area contributed by atoms with Crippen molar-refractivity contribution in [2.24, 2.45) is 0 Å². The van der Waals surface area contributed by atoms with Crippen molar-refractivity contribution >= 4 is 28.4 Å². The quantitative estimate of drug-likeness (QED) is 0.732. The molecule has 2 atom stereocenters. The van der Waals surface area contributed by atoms with E-state index in [4.69, 9.17) is 16.3 Å². The number of carbonyl (C=O) groups excluding carboxylic acids is 1. The molecule has 5 nitrogen and oxygen atoms in total. The van der Waals surface area contributed by atoms with Crippen molar-refractivity contribution in [2.75, 3.05) is 19.8 Å². The highest BCUT2D eigenvalue weighted by Gasteiger charge is 2.37. The molecule has 1 fully saturated rings. The van der Waals surface area contributed by atoms with E-state index in [0.717, 1.165) is 22.2 Å². The Morgan fingerprint density at radius 3 is 2.79 bits per heavy atom. The molecule has 1 aromatic heterocycles. The maximum absolute atomic E-state index is 13.6. The van der Waals surface area contributed by atoms with Gasteiger partial charge in [0.25, 0.3) is 5.91 Å². The molecule has 2 heterocycles. The number of hydrogen-bond donors (Lipinski definition) is 1. The number of hydrogen-bond acceptors (Lipinski definition) is 4. The molecule has 0 radical (unpaired) electrons. The fourth-order valence-electron chi connectivity index (χ4n) is 3.82. The van der Waals surface area contributed by atoms with Gasteiger partial charge < -0.3 is 14.7 Å². The molecule has 28 heavy (non-hydrogen) atoms. The molecule has 1 N–H and O–H groups in total. The molecule has 144 valence electrons. The third kappa shape index (κ3) is 3.49. The second kappa shape index (κ2) is 7.87. The summed E-state index contributed by atoms with van der Waals surface area (Å²) in [5, 5.41) is 11.1. The number of aryl methyl sites for hydroxylation is 1. The number of morpholine rings is 1. The minimum absolute atomic E-state index is 0.117.